The van der Waals surface area contributed by atoms with Crippen LogP contribution in [0.15, 0.2) is 0 Å². The smallest absolute Gasteiger partial charge is 0.234 e. The van der Waals surface area contributed by atoms with Gasteiger partial charge in [-0.05, 0) is 32.2 Å². The molecule has 1 fully saturated rings. The summed E-state index contributed by atoms with van der Waals surface area (Å²) in [4.78, 5) is 14.0. The van der Waals surface area contributed by atoms with Crippen LogP contribution in [0.25, 0.3) is 0 Å². The van der Waals surface area contributed by atoms with E-state index in [9.17, 15) is 9.90 Å². The Balaban J connectivity index is 2.24. The van der Waals surface area contributed by atoms with Crippen molar-refractivity contribution in [1.29, 1.82) is 0 Å². The normalized spacial score (nSPS) is 22.4. The first kappa shape index (κ1) is 15.4. The average molecular weight is 256 g/mol. The molecule has 106 valence electrons. The first-order chi connectivity index (χ1) is 8.58. The van der Waals surface area contributed by atoms with Gasteiger partial charge in [-0.2, -0.15) is 0 Å². The Labute approximate surface area is 111 Å². The molecular formula is C14H28N2O2. The van der Waals surface area contributed by atoms with E-state index < -0.39 is 6.10 Å². The first-order valence-electron chi connectivity index (χ1n) is 7.27. The highest BCUT2D eigenvalue weighted by Crippen LogP contribution is 2.15. The summed E-state index contributed by atoms with van der Waals surface area (Å²) in [6.07, 6.45) is 3.86. The van der Waals surface area contributed by atoms with Crippen molar-refractivity contribution in [2.75, 3.05) is 19.6 Å². The lowest BCUT2D eigenvalue weighted by molar-refractivity contribution is -0.123. The molecule has 1 rings (SSSR count). The number of rotatable bonds is 7. The molecular weight excluding hydrogens is 228 g/mol. The van der Waals surface area contributed by atoms with Gasteiger partial charge >= 0.3 is 0 Å². The first-order valence-corrected chi connectivity index (χ1v) is 7.27. The second-order valence-electron chi connectivity index (χ2n) is 5.41. The third-order valence-corrected chi connectivity index (χ3v) is 4.14. The van der Waals surface area contributed by atoms with Gasteiger partial charge in [0.25, 0.3) is 0 Å². The van der Waals surface area contributed by atoms with Gasteiger partial charge in [0.15, 0.2) is 0 Å². The third-order valence-electron chi connectivity index (χ3n) is 4.14. The number of hydrogen-bond acceptors (Lipinski definition) is 3. The molecule has 0 radical (unpaired) electrons. The van der Waals surface area contributed by atoms with E-state index in [4.69, 9.17) is 0 Å². The van der Waals surface area contributed by atoms with Gasteiger partial charge in [0.1, 0.15) is 0 Å². The van der Waals surface area contributed by atoms with Crippen molar-refractivity contribution in [2.24, 2.45) is 5.92 Å². The van der Waals surface area contributed by atoms with Crippen molar-refractivity contribution < 1.29 is 9.90 Å². The maximum absolute atomic E-state index is 11.8. The monoisotopic (exact) mass is 256 g/mol. The minimum Gasteiger partial charge on any atom is -0.391 e. The van der Waals surface area contributed by atoms with E-state index in [0.29, 0.717) is 19.1 Å². The number of amides is 1. The van der Waals surface area contributed by atoms with Gasteiger partial charge in [0.05, 0.1) is 12.6 Å². The number of nitrogens with one attached hydrogen (secondary N) is 1. The van der Waals surface area contributed by atoms with Crippen LogP contribution in [0.3, 0.4) is 0 Å². The predicted molar refractivity (Wildman–Crippen MR) is 73.4 cm³/mol. The molecule has 2 N–H and O–H groups in total. The molecule has 1 amide bonds. The van der Waals surface area contributed by atoms with Gasteiger partial charge in [-0.1, -0.05) is 26.7 Å². The van der Waals surface area contributed by atoms with Crippen LogP contribution in [0.2, 0.25) is 0 Å². The zero-order valence-corrected chi connectivity index (χ0v) is 12.0. The largest absolute Gasteiger partial charge is 0.391 e. The topological polar surface area (TPSA) is 52.6 Å². The summed E-state index contributed by atoms with van der Waals surface area (Å²) < 4.78 is 0. The summed E-state index contributed by atoms with van der Waals surface area (Å²) in [5.41, 5.74) is 0. The SMILES string of the molecule is CCC(CC)[C@H](O)CNC(=O)CN1CCC[C@H]1C. The molecule has 2 atom stereocenters. The molecule has 1 aliphatic rings. The average Bonchev–Trinajstić information content (AvgIpc) is 2.74. The van der Waals surface area contributed by atoms with Crippen LogP contribution < -0.4 is 5.32 Å². The maximum atomic E-state index is 11.8. The Hall–Kier alpha value is -0.610. The van der Waals surface area contributed by atoms with E-state index in [2.05, 4.69) is 31.0 Å². The van der Waals surface area contributed by atoms with Crippen LogP contribution >= 0.6 is 0 Å². The summed E-state index contributed by atoms with van der Waals surface area (Å²) in [6, 6.07) is 0.514. The Kier molecular flexibility index (Phi) is 6.65. The second-order valence-corrected chi connectivity index (χ2v) is 5.41. The van der Waals surface area contributed by atoms with E-state index in [1.165, 1.54) is 12.8 Å². The van der Waals surface area contributed by atoms with Crippen molar-refractivity contribution >= 4 is 5.91 Å². The van der Waals surface area contributed by atoms with Crippen LogP contribution in [0, 0.1) is 5.92 Å². The number of hydrogen-bond donors (Lipinski definition) is 2. The Morgan fingerprint density at radius 3 is 2.61 bits per heavy atom. The highest BCUT2D eigenvalue weighted by atomic mass is 16.3. The van der Waals surface area contributed by atoms with Crippen LogP contribution in [0.5, 0.6) is 0 Å². The molecule has 18 heavy (non-hydrogen) atoms. The fourth-order valence-electron chi connectivity index (χ4n) is 2.69. The van der Waals surface area contributed by atoms with Gasteiger partial charge in [-0.25, -0.2) is 0 Å². The van der Waals surface area contributed by atoms with Gasteiger partial charge in [0.2, 0.25) is 5.91 Å². The van der Waals surface area contributed by atoms with E-state index in [1.807, 2.05) is 0 Å². The lowest BCUT2D eigenvalue weighted by atomic mass is 9.96. The highest BCUT2D eigenvalue weighted by molar-refractivity contribution is 5.78. The van der Waals surface area contributed by atoms with E-state index in [1.54, 1.807) is 0 Å². The Morgan fingerprint density at radius 1 is 1.44 bits per heavy atom. The van der Waals surface area contributed by atoms with E-state index in [-0.39, 0.29) is 11.8 Å². The quantitative estimate of drug-likeness (QED) is 0.723. The molecule has 4 nitrogen and oxygen atoms in total. The molecule has 1 aliphatic heterocycles. The summed E-state index contributed by atoms with van der Waals surface area (Å²) in [5.74, 6) is 0.324. The van der Waals surface area contributed by atoms with Crippen LogP contribution in [-0.4, -0.2) is 47.7 Å². The molecule has 0 aliphatic carbocycles. The summed E-state index contributed by atoms with van der Waals surface area (Å²) >= 11 is 0. The zero-order chi connectivity index (χ0) is 13.5. The fraction of sp³-hybridized carbons (Fsp3) is 0.929. The fourth-order valence-corrected chi connectivity index (χ4v) is 2.69. The molecule has 0 aromatic rings. The third kappa shape index (κ3) is 4.58. The highest BCUT2D eigenvalue weighted by Gasteiger charge is 2.23. The minimum absolute atomic E-state index is 0.0359. The maximum Gasteiger partial charge on any atom is 0.234 e. The van der Waals surface area contributed by atoms with E-state index in [0.717, 1.165) is 19.4 Å². The summed E-state index contributed by atoms with van der Waals surface area (Å²) in [5, 5.41) is 12.8. The van der Waals surface area contributed by atoms with Crippen molar-refractivity contribution in [2.45, 2.75) is 58.6 Å². The Bertz CT molecular complexity index is 254. The molecule has 0 unspecified atom stereocenters. The number of nitrogens with zero attached hydrogens (tertiary/aromatic N) is 1. The van der Waals surface area contributed by atoms with Crippen molar-refractivity contribution in [1.82, 2.24) is 10.2 Å². The number of aliphatic hydroxyl groups is 1. The molecule has 0 aromatic carbocycles. The van der Waals surface area contributed by atoms with E-state index >= 15 is 0 Å². The molecule has 1 heterocycles. The van der Waals surface area contributed by atoms with Crippen LogP contribution in [-0.2, 0) is 4.79 Å². The zero-order valence-electron chi connectivity index (χ0n) is 12.0. The molecule has 0 spiro atoms. The number of carbonyl (C=O) groups excluding carboxylic acids is 1. The molecule has 0 aromatic heterocycles. The van der Waals surface area contributed by atoms with Crippen LogP contribution in [0.4, 0.5) is 0 Å². The van der Waals surface area contributed by atoms with Crippen molar-refractivity contribution in [3.63, 3.8) is 0 Å². The molecule has 0 saturated carbocycles. The Morgan fingerprint density at radius 2 is 2.11 bits per heavy atom. The molecule has 4 heteroatoms. The van der Waals surface area contributed by atoms with Gasteiger partial charge < -0.3 is 10.4 Å². The standard InChI is InChI=1S/C14H28N2O2/c1-4-12(5-2)13(17)9-15-14(18)10-16-8-6-7-11(16)3/h11-13,17H,4-10H2,1-3H3,(H,15,18)/t11-,13-/m1/s1. The predicted octanol–water partition coefficient (Wildman–Crippen LogP) is 1.38. The van der Waals surface area contributed by atoms with Crippen LogP contribution in [0.1, 0.15) is 46.5 Å². The van der Waals surface area contributed by atoms with Gasteiger partial charge in [-0.3, -0.25) is 9.69 Å². The molecule has 1 saturated heterocycles. The van der Waals surface area contributed by atoms with Crippen molar-refractivity contribution in [3.05, 3.63) is 0 Å². The summed E-state index contributed by atoms with van der Waals surface area (Å²) in [6.45, 7) is 8.18. The lowest BCUT2D eigenvalue weighted by Gasteiger charge is -2.23. The summed E-state index contributed by atoms with van der Waals surface area (Å²) in [7, 11) is 0. The van der Waals surface area contributed by atoms with Gasteiger partial charge in [-0.15, -0.1) is 0 Å². The number of likely N-dealkylation sites (tertiary alicyclic amines) is 1. The number of carbonyl (C=O) groups is 1. The van der Waals surface area contributed by atoms with Crippen molar-refractivity contribution in [3.8, 4) is 0 Å². The number of aliphatic hydroxyl groups excluding tert-OH is 1. The minimum atomic E-state index is -0.417. The molecule has 0 bridgehead atoms. The van der Waals surface area contributed by atoms with Gasteiger partial charge in [0, 0.05) is 12.6 Å². The second kappa shape index (κ2) is 7.74. The lowest BCUT2D eigenvalue weighted by Crippen LogP contribution is -2.42.